The van der Waals surface area contributed by atoms with Crippen molar-refractivity contribution in [3.05, 3.63) is 47.9 Å². The zero-order valence-corrected chi connectivity index (χ0v) is 11.9. The van der Waals surface area contributed by atoms with Gasteiger partial charge in [-0.05, 0) is 24.1 Å². The molecule has 2 rings (SSSR count). The monoisotopic (exact) mass is 295 g/mol. The largest absolute Gasteiger partial charge is 0.360 e. The average Bonchev–Trinajstić information content (AvgIpc) is 2.98. The molecular formula is C13H17N3O3S. The van der Waals surface area contributed by atoms with Crippen molar-refractivity contribution < 1.29 is 12.9 Å². The highest BCUT2D eigenvalue weighted by atomic mass is 32.2. The molecule has 0 saturated carbocycles. The van der Waals surface area contributed by atoms with Crippen LogP contribution in [0.2, 0.25) is 0 Å². The molecule has 0 radical (unpaired) electrons. The Labute approximate surface area is 118 Å². The minimum absolute atomic E-state index is 0.0619. The quantitative estimate of drug-likeness (QED) is 0.842. The molecule has 0 spiro atoms. The molecule has 6 nitrogen and oxygen atoms in total. The van der Waals surface area contributed by atoms with E-state index >= 15 is 0 Å². The number of benzene rings is 1. The SMILES string of the molecule is CCC(N)c1cccc(S(=O)(=O)NCc2ccno2)c1. The number of sulfonamides is 1. The van der Waals surface area contributed by atoms with Crippen LogP contribution in [0.4, 0.5) is 0 Å². The molecule has 0 aliphatic carbocycles. The fourth-order valence-electron chi connectivity index (χ4n) is 1.73. The highest BCUT2D eigenvalue weighted by Gasteiger charge is 2.16. The lowest BCUT2D eigenvalue weighted by Gasteiger charge is -2.11. The molecule has 0 aliphatic heterocycles. The summed E-state index contributed by atoms with van der Waals surface area (Å²) in [5, 5.41) is 3.52. The molecular weight excluding hydrogens is 278 g/mol. The van der Waals surface area contributed by atoms with Gasteiger partial charge in [0.25, 0.3) is 0 Å². The predicted molar refractivity (Wildman–Crippen MR) is 74.2 cm³/mol. The van der Waals surface area contributed by atoms with Crippen LogP contribution in [0.3, 0.4) is 0 Å². The second-order valence-electron chi connectivity index (χ2n) is 4.39. The standard InChI is InChI=1S/C13H17N3O3S/c1-2-13(14)10-4-3-5-12(8-10)20(17,18)16-9-11-6-7-15-19-11/h3-8,13,16H,2,9,14H2,1H3. The van der Waals surface area contributed by atoms with Crippen LogP contribution >= 0.6 is 0 Å². The summed E-state index contributed by atoms with van der Waals surface area (Å²) in [5.41, 5.74) is 6.72. The molecule has 0 bridgehead atoms. The second-order valence-corrected chi connectivity index (χ2v) is 6.16. The summed E-state index contributed by atoms with van der Waals surface area (Å²) in [6.45, 7) is 2.01. The van der Waals surface area contributed by atoms with E-state index < -0.39 is 10.0 Å². The van der Waals surface area contributed by atoms with Gasteiger partial charge in [-0.2, -0.15) is 0 Å². The summed E-state index contributed by atoms with van der Waals surface area (Å²) in [7, 11) is -3.59. The summed E-state index contributed by atoms with van der Waals surface area (Å²) in [5.74, 6) is 0.454. The highest BCUT2D eigenvalue weighted by molar-refractivity contribution is 7.89. The van der Waals surface area contributed by atoms with E-state index in [4.69, 9.17) is 10.3 Å². The highest BCUT2D eigenvalue weighted by Crippen LogP contribution is 2.18. The van der Waals surface area contributed by atoms with E-state index in [1.54, 1.807) is 18.2 Å². The van der Waals surface area contributed by atoms with Crippen molar-refractivity contribution in [2.24, 2.45) is 5.73 Å². The van der Waals surface area contributed by atoms with Crippen LogP contribution in [-0.4, -0.2) is 13.6 Å². The first-order valence-corrected chi connectivity index (χ1v) is 7.76. The van der Waals surface area contributed by atoms with Crippen LogP contribution in [0, 0.1) is 0 Å². The third-order valence-corrected chi connectivity index (χ3v) is 4.36. The lowest BCUT2D eigenvalue weighted by Crippen LogP contribution is -2.23. The minimum Gasteiger partial charge on any atom is -0.360 e. The van der Waals surface area contributed by atoms with Gasteiger partial charge in [-0.25, -0.2) is 13.1 Å². The molecule has 0 amide bonds. The van der Waals surface area contributed by atoms with Gasteiger partial charge in [-0.1, -0.05) is 24.2 Å². The Morgan fingerprint density at radius 1 is 1.40 bits per heavy atom. The van der Waals surface area contributed by atoms with Crippen LogP contribution in [0.15, 0.2) is 45.9 Å². The van der Waals surface area contributed by atoms with E-state index in [0.29, 0.717) is 5.76 Å². The lowest BCUT2D eigenvalue weighted by molar-refractivity contribution is 0.380. The molecule has 1 aromatic carbocycles. The van der Waals surface area contributed by atoms with Gasteiger partial charge in [-0.15, -0.1) is 0 Å². The molecule has 1 heterocycles. The first kappa shape index (κ1) is 14.7. The third-order valence-electron chi connectivity index (χ3n) is 2.96. The van der Waals surface area contributed by atoms with Crippen molar-refractivity contribution in [3.63, 3.8) is 0 Å². The van der Waals surface area contributed by atoms with Gasteiger partial charge in [-0.3, -0.25) is 0 Å². The van der Waals surface area contributed by atoms with Gasteiger partial charge >= 0.3 is 0 Å². The van der Waals surface area contributed by atoms with E-state index in [0.717, 1.165) is 12.0 Å². The van der Waals surface area contributed by atoms with Gasteiger partial charge in [0.2, 0.25) is 10.0 Å². The Morgan fingerprint density at radius 2 is 2.20 bits per heavy atom. The number of hydrogen-bond acceptors (Lipinski definition) is 5. The van der Waals surface area contributed by atoms with E-state index in [1.165, 1.54) is 12.3 Å². The summed E-state index contributed by atoms with van der Waals surface area (Å²) in [6, 6.07) is 8.08. The maximum Gasteiger partial charge on any atom is 0.240 e. The van der Waals surface area contributed by atoms with Crippen LogP contribution in [-0.2, 0) is 16.6 Å². The number of hydrogen-bond donors (Lipinski definition) is 2. The van der Waals surface area contributed by atoms with Gasteiger partial charge in [0.05, 0.1) is 17.6 Å². The van der Waals surface area contributed by atoms with Gasteiger partial charge in [0, 0.05) is 12.1 Å². The van der Waals surface area contributed by atoms with E-state index in [-0.39, 0.29) is 17.5 Å². The number of nitrogens with zero attached hydrogens (tertiary/aromatic N) is 1. The van der Waals surface area contributed by atoms with Gasteiger partial charge < -0.3 is 10.3 Å². The minimum atomic E-state index is -3.59. The molecule has 1 atom stereocenters. The Hall–Kier alpha value is -1.70. The van der Waals surface area contributed by atoms with Crippen molar-refractivity contribution in [2.75, 3.05) is 0 Å². The van der Waals surface area contributed by atoms with Crippen LogP contribution in [0.1, 0.15) is 30.7 Å². The van der Waals surface area contributed by atoms with Crippen LogP contribution < -0.4 is 10.5 Å². The van der Waals surface area contributed by atoms with Gasteiger partial charge in [0.1, 0.15) is 0 Å². The van der Waals surface area contributed by atoms with Crippen LogP contribution in [0.25, 0.3) is 0 Å². The smallest absolute Gasteiger partial charge is 0.240 e. The van der Waals surface area contributed by atoms with E-state index in [1.807, 2.05) is 13.0 Å². The van der Waals surface area contributed by atoms with Crippen molar-refractivity contribution in [1.82, 2.24) is 9.88 Å². The number of nitrogens with two attached hydrogens (primary N) is 1. The zero-order valence-electron chi connectivity index (χ0n) is 11.1. The summed E-state index contributed by atoms with van der Waals surface area (Å²) < 4.78 is 31.7. The molecule has 1 aromatic heterocycles. The van der Waals surface area contributed by atoms with E-state index in [2.05, 4.69) is 9.88 Å². The van der Waals surface area contributed by atoms with Crippen LogP contribution in [0.5, 0.6) is 0 Å². The zero-order chi connectivity index (χ0) is 14.6. The molecule has 108 valence electrons. The molecule has 7 heteroatoms. The third kappa shape index (κ3) is 3.44. The molecule has 3 N–H and O–H groups in total. The Morgan fingerprint density at radius 3 is 2.85 bits per heavy atom. The first-order chi connectivity index (χ1) is 9.53. The van der Waals surface area contributed by atoms with E-state index in [9.17, 15) is 8.42 Å². The fourth-order valence-corrected chi connectivity index (χ4v) is 2.78. The van der Waals surface area contributed by atoms with Crippen molar-refractivity contribution in [3.8, 4) is 0 Å². The summed E-state index contributed by atoms with van der Waals surface area (Å²) in [6.07, 6.45) is 2.21. The average molecular weight is 295 g/mol. The Balaban J connectivity index is 2.16. The number of aromatic nitrogens is 1. The predicted octanol–water partition coefficient (Wildman–Crippen LogP) is 1.56. The fraction of sp³-hybridized carbons (Fsp3) is 0.308. The molecule has 0 fully saturated rings. The molecule has 20 heavy (non-hydrogen) atoms. The lowest BCUT2D eigenvalue weighted by atomic mass is 10.1. The maximum atomic E-state index is 12.2. The van der Waals surface area contributed by atoms with Gasteiger partial charge in [0.15, 0.2) is 5.76 Å². The molecule has 1 unspecified atom stereocenters. The second kappa shape index (κ2) is 6.17. The van der Waals surface area contributed by atoms with Crippen molar-refractivity contribution >= 4 is 10.0 Å². The summed E-state index contributed by atoms with van der Waals surface area (Å²) >= 11 is 0. The van der Waals surface area contributed by atoms with Crippen molar-refractivity contribution in [2.45, 2.75) is 30.8 Å². The number of rotatable bonds is 6. The molecule has 2 aromatic rings. The molecule has 0 aliphatic rings. The maximum absolute atomic E-state index is 12.2. The Bertz CT molecular complexity index is 653. The topological polar surface area (TPSA) is 98.2 Å². The van der Waals surface area contributed by atoms with Crippen molar-refractivity contribution in [1.29, 1.82) is 0 Å². The number of nitrogens with one attached hydrogen (secondary N) is 1. The first-order valence-electron chi connectivity index (χ1n) is 6.27. The summed E-state index contributed by atoms with van der Waals surface area (Å²) in [4.78, 5) is 0.193. The Kier molecular flexibility index (Phi) is 4.53. The normalized spacial score (nSPS) is 13.3. The molecule has 0 saturated heterocycles.